The van der Waals surface area contributed by atoms with Gasteiger partial charge in [-0.1, -0.05) is 53.2 Å². The Balaban J connectivity index is 0.000000141. The van der Waals surface area contributed by atoms with Gasteiger partial charge in [0.25, 0.3) is 34.4 Å². The number of anilines is 3. The molecule has 3 aliphatic heterocycles. The number of nitrogens with zero attached hydrogens (tertiary/aromatic N) is 16. The fraction of sp³-hybridized carbons (Fsp3) is 0.386. The molecule has 11 heterocycles. The van der Waals surface area contributed by atoms with Gasteiger partial charge in [0.1, 0.15) is 41.6 Å². The molecule has 0 atom stereocenters. The average molecular weight is 1430 g/mol. The summed E-state index contributed by atoms with van der Waals surface area (Å²) >= 11 is 0. The first kappa shape index (κ1) is 73.1. The Morgan fingerprint density at radius 2 is 0.906 bits per heavy atom. The number of piperidine rings is 3. The van der Waals surface area contributed by atoms with Crippen molar-refractivity contribution in [2.75, 3.05) is 75.1 Å². The van der Waals surface area contributed by atoms with Gasteiger partial charge in [-0.2, -0.15) is 0 Å². The lowest BCUT2D eigenvalue weighted by atomic mass is 10.0. The molecule has 0 bridgehead atoms. The predicted octanol–water partition coefficient (Wildman–Crippen LogP) is 11.4. The van der Waals surface area contributed by atoms with Crippen LogP contribution in [0.15, 0.2) is 160 Å². The van der Waals surface area contributed by atoms with E-state index >= 15 is 0 Å². The number of carbonyl (C=O) groups excluding carboxylic acids is 3. The summed E-state index contributed by atoms with van der Waals surface area (Å²) in [6, 6.07) is 14.0. The van der Waals surface area contributed by atoms with E-state index in [0.717, 1.165) is 168 Å². The molecule has 15 rings (SSSR count). The van der Waals surface area contributed by atoms with Gasteiger partial charge in [0.05, 0.1) is 28.6 Å². The number of fused-ring (bicyclic) bond motifs is 3. The monoisotopic (exact) mass is 1430 g/mol. The van der Waals surface area contributed by atoms with Crippen molar-refractivity contribution in [1.29, 1.82) is 0 Å². The summed E-state index contributed by atoms with van der Waals surface area (Å²) in [5, 5.41) is 0. The molecule has 4 fully saturated rings. The Hall–Kier alpha value is -11.2. The second kappa shape index (κ2) is 31.6. The highest BCUT2D eigenvalue weighted by Crippen LogP contribution is 2.39. The normalized spacial score (nSPS) is 16.3. The lowest BCUT2D eigenvalue weighted by molar-refractivity contribution is 0.0700. The Kier molecular flexibility index (Phi) is 21.8. The number of allylic oxidation sites excluding steroid dienone is 6. The summed E-state index contributed by atoms with van der Waals surface area (Å²) in [4.78, 5) is 123. The number of carbonyl (C=O) groups is 3. The topological polar surface area (TPSA) is 240 Å². The molecule has 0 N–H and O–H groups in total. The lowest BCUT2D eigenvalue weighted by Gasteiger charge is -2.37. The fourth-order valence-electron chi connectivity index (χ4n) is 15.6. The first-order valence-corrected chi connectivity index (χ1v) is 36.8. The zero-order valence-electron chi connectivity index (χ0n) is 62.1. The molecule has 23 heteroatoms. The lowest BCUT2D eigenvalue weighted by Crippen LogP contribution is -2.46. The molecule has 4 aliphatic carbocycles. The van der Waals surface area contributed by atoms with Crippen molar-refractivity contribution in [3.63, 3.8) is 0 Å². The van der Waals surface area contributed by atoms with Gasteiger partial charge < -0.3 is 47.5 Å². The molecule has 0 spiro atoms. The third kappa shape index (κ3) is 15.5. The van der Waals surface area contributed by atoms with Crippen molar-refractivity contribution >= 4 is 53.4 Å². The van der Waals surface area contributed by atoms with E-state index in [1.165, 1.54) is 12.8 Å². The van der Waals surface area contributed by atoms with Crippen LogP contribution < -0.4 is 31.4 Å². The minimum absolute atomic E-state index is 0.0210. The van der Waals surface area contributed by atoms with Crippen molar-refractivity contribution < 1.29 is 18.8 Å². The second-order valence-electron chi connectivity index (χ2n) is 29.1. The van der Waals surface area contributed by atoms with Gasteiger partial charge in [-0.05, 0) is 146 Å². The zero-order chi connectivity index (χ0) is 74.6. The molecule has 8 aromatic rings. The highest BCUT2D eigenvalue weighted by atomic mass is 16.3. The zero-order valence-corrected chi connectivity index (χ0v) is 62.1. The van der Waals surface area contributed by atoms with Gasteiger partial charge in [0.15, 0.2) is 5.76 Å². The van der Waals surface area contributed by atoms with Crippen molar-refractivity contribution in [2.45, 2.75) is 149 Å². The number of hydrogen-bond acceptors (Lipinski definition) is 17. The highest BCUT2D eigenvalue weighted by molar-refractivity contribution is 6.00. The summed E-state index contributed by atoms with van der Waals surface area (Å²) < 4.78 is 10.3. The molecule has 0 unspecified atom stereocenters. The van der Waals surface area contributed by atoms with Gasteiger partial charge >= 0.3 is 0 Å². The maximum absolute atomic E-state index is 13.7. The Bertz CT molecular complexity index is 5010. The Labute approximate surface area is 618 Å². The quantitative estimate of drug-likeness (QED) is 0.0725. The van der Waals surface area contributed by atoms with Crippen molar-refractivity contribution in [2.24, 2.45) is 0 Å². The molecule has 23 nitrogen and oxygen atoms in total. The van der Waals surface area contributed by atoms with Gasteiger partial charge in [-0.25, -0.2) is 29.9 Å². The molecule has 106 heavy (non-hydrogen) atoms. The number of rotatable bonds is 18. The van der Waals surface area contributed by atoms with E-state index in [2.05, 4.69) is 70.4 Å². The molecule has 548 valence electrons. The Morgan fingerprint density at radius 3 is 1.29 bits per heavy atom. The molecular formula is C83H94N16O7. The molecule has 0 aromatic carbocycles. The van der Waals surface area contributed by atoms with Crippen molar-refractivity contribution in [1.82, 2.24) is 63.3 Å². The van der Waals surface area contributed by atoms with Gasteiger partial charge in [0.2, 0.25) is 0 Å². The van der Waals surface area contributed by atoms with Crippen LogP contribution in [0, 0.1) is 13.8 Å². The maximum atomic E-state index is 13.7. The molecule has 7 aliphatic rings. The summed E-state index contributed by atoms with van der Waals surface area (Å²) in [7, 11) is 5.63. The van der Waals surface area contributed by atoms with Crippen LogP contribution in [0.3, 0.4) is 0 Å². The van der Waals surface area contributed by atoms with Crippen LogP contribution in [0.2, 0.25) is 0 Å². The second-order valence-corrected chi connectivity index (χ2v) is 29.1. The van der Waals surface area contributed by atoms with E-state index in [9.17, 15) is 28.8 Å². The molecule has 3 amide bonds. The summed E-state index contributed by atoms with van der Waals surface area (Å²) in [5.74, 6) is 4.86. The van der Waals surface area contributed by atoms with Crippen molar-refractivity contribution in [3.8, 4) is 22.7 Å². The predicted molar refractivity (Wildman–Crippen MR) is 415 cm³/mol. The smallest absolute Gasteiger partial charge is 0.255 e. The fourth-order valence-corrected chi connectivity index (χ4v) is 15.6. The van der Waals surface area contributed by atoms with E-state index in [0.29, 0.717) is 78.4 Å². The number of furan rings is 1. The molecular weight excluding hydrogens is 1330 g/mol. The molecule has 3 saturated heterocycles. The van der Waals surface area contributed by atoms with E-state index < -0.39 is 0 Å². The van der Waals surface area contributed by atoms with E-state index in [4.69, 9.17) is 9.40 Å². The van der Waals surface area contributed by atoms with Gasteiger partial charge in [0, 0.05) is 181 Å². The number of aromatic nitrogens is 10. The van der Waals surface area contributed by atoms with Gasteiger partial charge in [-0.15, -0.1) is 19.7 Å². The minimum Gasteiger partial charge on any atom is -0.463 e. The first-order valence-electron chi connectivity index (χ1n) is 36.8. The summed E-state index contributed by atoms with van der Waals surface area (Å²) in [6.07, 6.45) is 32.0. The van der Waals surface area contributed by atoms with Crippen molar-refractivity contribution in [3.05, 3.63) is 239 Å². The SMILES string of the molecule is C=CCn1cc(C(=O)N(C)C2CCN(c3cc(-c4cccnc4C)ncn3)CC2)c2c(c1=O)CC(C)=C2.C=CCn1cc(C(=O)N(C)C2CCN(c3cc(-c4ccco4)ncn3)CC2)c2c(c1=O)CC(C)=C2.C=CCn1cc(C(=O)N(C)C2CCN(c3cc(C)nc(C4CC4)n3)CC2)c2c(c1=O)CC(C)=C2. The molecule has 8 aromatic heterocycles. The summed E-state index contributed by atoms with van der Waals surface area (Å²) in [6.45, 7) is 27.3. The Morgan fingerprint density at radius 1 is 0.500 bits per heavy atom. The average Bonchev–Trinajstić information content (AvgIpc) is 1.56. The summed E-state index contributed by atoms with van der Waals surface area (Å²) in [5.41, 5.74) is 14.0. The van der Waals surface area contributed by atoms with E-state index in [1.807, 2.05) is 125 Å². The highest BCUT2D eigenvalue weighted by Gasteiger charge is 2.36. The first-order chi connectivity index (χ1) is 51.2. The molecule has 0 radical (unpaired) electrons. The van der Waals surface area contributed by atoms with Crippen LogP contribution in [0.5, 0.6) is 0 Å². The van der Waals surface area contributed by atoms with Crippen LogP contribution in [0.25, 0.3) is 40.9 Å². The third-order valence-electron chi connectivity index (χ3n) is 21.6. The number of pyridine rings is 4. The third-order valence-corrected chi connectivity index (χ3v) is 21.6. The van der Waals surface area contributed by atoms with Crippen LogP contribution in [0.1, 0.15) is 160 Å². The number of aryl methyl sites for hydroxylation is 2. The number of amides is 3. The number of hydrogen-bond donors (Lipinski definition) is 0. The van der Waals surface area contributed by atoms with Gasteiger partial charge in [-0.3, -0.25) is 33.8 Å². The van der Waals surface area contributed by atoms with Crippen LogP contribution >= 0.6 is 0 Å². The van der Waals surface area contributed by atoms with E-state index in [-0.39, 0.29) is 52.5 Å². The maximum Gasteiger partial charge on any atom is 0.255 e. The molecule has 1 saturated carbocycles. The minimum atomic E-state index is -0.0504. The standard InChI is InChI=1S/C29H32N6O2.C27H29N5O3.C27H33N5O2/c1-5-11-35-17-25(23-14-19(2)15-24(23)29(35)37)28(36)33(4)21-8-12-34(13-9-21)27-16-26(31-18-32-27)22-7-6-10-30-20(22)3;1-4-9-32-16-22(20-13-18(2)14-21(20)27(32)34)26(33)30(3)19-7-10-31(11-8-19)25-15-23(28-17-29-25)24-6-5-12-35-24;1-5-10-32-16-23(21-13-17(2)14-22(21)27(32)34)26(33)30(4)20-8-11-31(12-9-20)24-15-18(3)28-25(29-24)19-6-7-19/h5-7,10,14,16-18,21H,1,8-9,11-13,15H2,2-4H3;4-6,12-13,15-17,19H,1,7-11,14H2,2-3H3;5,13,15-16,19-20H,1,6-12,14H2,2-4H3. The van der Waals surface area contributed by atoms with E-state index in [1.54, 1.807) is 75.6 Å². The van der Waals surface area contributed by atoms with Crippen LogP contribution in [0.4, 0.5) is 17.5 Å². The van der Waals surface area contributed by atoms with Crippen LogP contribution in [-0.4, -0.2) is 160 Å². The van der Waals surface area contributed by atoms with Crippen LogP contribution in [-0.2, 0) is 38.9 Å². The largest absolute Gasteiger partial charge is 0.463 e.